The number of amides is 1. The first-order valence-electron chi connectivity index (χ1n) is 6.68. The summed E-state index contributed by atoms with van der Waals surface area (Å²) in [4.78, 5) is 13.4. The van der Waals surface area contributed by atoms with Crippen molar-refractivity contribution in [3.05, 3.63) is 23.7 Å². The summed E-state index contributed by atoms with van der Waals surface area (Å²) < 4.78 is 5.76. The summed E-state index contributed by atoms with van der Waals surface area (Å²) in [6.07, 6.45) is 2.03. The van der Waals surface area contributed by atoms with E-state index in [4.69, 9.17) is 9.52 Å². The Morgan fingerprint density at radius 3 is 2.83 bits per heavy atom. The minimum Gasteiger partial charge on any atom is -0.466 e. The van der Waals surface area contributed by atoms with Gasteiger partial charge in [-0.05, 0) is 24.5 Å². The fourth-order valence-electron chi connectivity index (χ4n) is 2.49. The zero-order chi connectivity index (χ0) is 12.7. The van der Waals surface area contributed by atoms with E-state index in [-0.39, 0.29) is 12.0 Å². The number of nitrogens with zero attached hydrogens (tertiary/aromatic N) is 1. The van der Waals surface area contributed by atoms with Crippen LogP contribution < -0.4 is 0 Å². The normalized spacial score (nSPS) is 27.1. The number of likely N-dealkylation sites (tertiary alicyclic amines) is 1. The van der Waals surface area contributed by atoms with Gasteiger partial charge in [-0.15, -0.1) is 0 Å². The molecule has 1 aliphatic heterocycles. The highest BCUT2D eigenvalue weighted by Gasteiger charge is 2.36. The number of carbonyl (C=O) groups is 1. The molecular weight excluding hydrogens is 230 g/mol. The highest BCUT2D eigenvalue weighted by atomic mass is 16.3. The van der Waals surface area contributed by atoms with Crippen LogP contribution in [0, 0.1) is 5.92 Å². The second-order valence-electron chi connectivity index (χ2n) is 5.58. The maximum atomic E-state index is 11.7. The van der Waals surface area contributed by atoms with Gasteiger partial charge in [0.05, 0.1) is 6.10 Å². The van der Waals surface area contributed by atoms with E-state index in [1.165, 1.54) is 6.42 Å². The van der Waals surface area contributed by atoms with Crippen molar-refractivity contribution < 1.29 is 14.3 Å². The summed E-state index contributed by atoms with van der Waals surface area (Å²) in [5.41, 5.74) is 0. The van der Waals surface area contributed by atoms with Crippen molar-refractivity contribution in [2.75, 3.05) is 13.1 Å². The molecule has 98 valence electrons. The number of aryl methyl sites for hydroxylation is 1. The quantitative estimate of drug-likeness (QED) is 0.880. The van der Waals surface area contributed by atoms with Gasteiger partial charge in [-0.3, -0.25) is 4.79 Å². The van der Waals surface area contributed by atoms with Crippen LogP contribution in [0.4, 0.5) is 0 Å². The Morgan fingerprint density at radius 1 is 1.50 bits per heavy atom. The van der Waals surface area contributed by atoms with Crippen LogP contribution in [-0.2, 0) is 11.2 Å². The SMILES string of the molecule is CC1CC1c1ccc(CCC(=O)N2CC(O)C2)o1. The van der Waals surface area contributed by atoms with E-state index in [0.29, 0.717) is 31.8 Å². The van der Waals surface area contributed by atoms with E-state index in [0.717, 1.165) is 17.4 Å². The van der Waals surface area contributed by atoms with Gasteiger partial charge in [0.1, 0.15) is 11.5 Å². The molecule has 2 atom stereocenters. The summed E-state index contributed by atoms with van der Waals surface area (Å²) in [5.74, 6) is 3.43. The third-order valence-corrected chi connectivity index (χ3v) is 3.96. The molecule has 0 aromatic carbocycles. The molecule has 0 bridgehead atoms. The van der Waals surface area contributed by atoms with Gasteiger partial charge in [-0.1, -0.05) is 6.92 Å². The molecule has 2 unspecified atom stereocenters. The highest BCUT2D eigenvalue weighted by molar-refractivity contribution is 5.77. The van der Waals surface area contributed by atoms with Crippen LogP contribution in [0.3, 0.4) is 0 Å². The number of hydrogen-bond acceptors (Lipinski definition) is 3. The lowest BCUT2D eigenvalue weighted by atomic mass is 10.1. The number of carbonyl (C=O) groups excluding carboxylic acids is 1. The van der Waals surface area contributed by atoms with E-state index in [1.54, 1.807) is 4.90 Å². The van der Waals surface area contributed by atoms with Crippen LogP contribution in [-0.4, -0.2) is 35.1 Å². The van der Waals surface area contributed by atoms with Crippen molar-refractivity contribution in [1.29, 1.82) is 0 Å². The van der Waals surface area contributed by atoms with Gasteiger partial charge in [-0.25, -0.2) is 0 Å². The number of aliphatic hydroxyl groups is 1. The summed E-state index contributed by atoms with van der Waals surface area (Å²) in [6.45, 7) is 3.20. The van der Waals surface area contributed by atoms with Gasteiger partial charge in [0.2, 0.25) is 5.91 Å². The third-order valence-electron chi connectivity index (χ3n) is 3.96. The second kappa shape index (κ2) is 4.43. The van der Waals surface area contributed by atoms with Crippen LogP contribution in [0.15, 0.2) is 16.5 Å². The molecule has 1 aliphatic carbocycles. The molecule has 1 aromatic rings. The van der Waals surface area contributed by atoms with Crippen LogP contribution >= 0.6 is 0 Å². The van der Waals surface area contributed by atoms with E-state index >= 15 is 0 Å². The monoisotopic (exact) mass is 249 g/mol. The zero-order valence-corrected chi connectivity index (χ0v) is 10.6. The smallest absolute Gasteiger partial charge is 0.223 e. The van der Waals surface area contributed by atoms with Crippen molar-refractivity contribution in [2.24, 2.45) is 5.92 Å². The Hall–Kier alpha value is -1.29. The van der Waals surface area contributed by atoms with Gasteiger partial charge >= 0.3 is 0 Å². The van der Waals surface area contributed by atoms with Gasteiger partial charge in [0.25, 0.3) is 0 Å². The molecule has 3 rings (SSSR count). The average Bonchev–Trinajstić information content (AvgIpc) is 2.86. The molecule has 1 saturated carbocycles. The van der Waals surface area contributed by atoms with E-state index < -0.39 is 0 Å². The van der Waals surface area contributed by atoms with Crippen molar-refractivity contribution in [3.63, 3.8) is 0 Å². The number of furan rings is 1. The molecule has 1 amide bonds. The van der Waals surface area contributed by atoms with Gasteiger partial charge in [-0.2, -0.15) is 0 Å². The molecule has 2 fully saturated rings. The molecule has 1 N–H and O–H groups in total. The Kier molecular flexibility index (Phi) is 2.90. The average molecular weight is 249 g/mol. The van der Waals surface area contributed by atoms with Gasteiger partial charge < -0.3 is 14.4 Å². The number of rotatable bonds is 4. The van der Waals surface area contributed by atoms with Crippen LogP contribution in [0.1, 0.15) is 37.2 Å². The van der Waals surface area contributed by atoms with Gasteiger partial charge in [0, 0.05) is 31.8 Å². The predicted octanol–water partition coefficient (Wildman–Crippen LogP) is 1.54. The van der Waals surface area contributed by atoms with Crippen LogP contribution in [0.5, 0.6) is 0 Å². The van der Waals surface area contributed by atoms with E-state index in [2.05, 4.69) is 6.92 Å². The maximum Gasteiger partial charge on any atom is 0.223 e. The largest absolute Gasteiger partial charge is 0.466 e. The molecule has 0 spiro atoms. The second-order valence-corrected chi connectivity index (χ2v) is 5.58. The van der Waals surface area contributed by atoms with Crippen LogP contribution in [0.2, 0.25) is 0 Å². The van der Waals surface area contributed by atoms with E-state index in [9.17, 15) is 4.79 Å². The summed E-state index contributed by atoms with van der Waals surface area (Å²) >= 11 is 0. The zero-order valence-electron chi connectivity index (χ0n) is 10.6. The Morgan fingerprint density at radius 2 is 2.22 bits per heavy atom. The summed E-state index contributed by atoms with van der Waals surface area (Å²) in [5, 5.41) is 9.14. The molecule has 2 aliphatic rings. The fourth-order valence-corrected chi connectivity index (χ4v) is 2.49. The Balaban J connectivity index is 1.48. The van der Waals surface area contributed by atoms with Crippen LogP contribution in [0.25, 0.3) is 0 Å². The van der Waals surface area contributed by atoms with Crippen molar-refractivity contribution in [1.82, 2.24) is 4.90 Å². The molecule has 18 heavy (non-hydrogen) atoms. The number of β-amino-alcohol motifs (C(OH)–C–C–N with tert-alkyl or cyclic N) is 1. The minimum atomic E-state index is -0.319. The topological polar surface area (TPSA) is 53.7 Å². The maximum absolute atomic E-state index is 11.7. The lowest BCUT2D eigenvalue weighted by molar-refractivity contribution is -0.141. The molecule has 0 radical (unpaired) electrons. The molecule has 2 heterocycles. The number of hydrogen-bond donors (Lipinski definition) is 1. The number of aliphatic hydroxyl groups excluding tert-OH is 1. The lowest BCUT2D eigenvalue weighted by Gasteiger charge is -2.35. The Bertz CT molecular complexity index is 448. The van der Waals surface area contributed by atoms with Gasteiger partial charge in [0.15, 0.2) is 0 Å². The molecule has 1 saturated heterocycles. The molecule has 4 nitrogen and oxygen atoms in total. The first kappa shape index (κ1) is 11.8. The first-order valence-corrected chi connectivity index (χ1v) is 6.68. The Labute approximate surface area is 107 Å². The summed E-state index contributed by atoms with van der Waals surface area (Å²) in [7, 11) is 0. The standard InChI is InChI=1S/C14H19NO3/c1-9-6-12(9)13-4-2-11(18-13)3-5-14(17)15-7-10(16)8-15/h2,4,9-10,12,16H,3,5-8H2,1H3. The minimum absolute atomic E-state index is 0.109. The third kappa shape index (κ3) is 2.29. The van der Waals surface area contributed by atoms with Crippen molar-refractivity contribution in [3.8, 4) is 0 Å². The molecular formula is C14H19NO3. The van der Waals surface area contributed by atoms with E-state index in [1.807, 2.05) is 12.1 Å². The molecule has 4 heteroatoms. The van der Waals surface area contributed by atoms with Crippen molar-refractivity contribution >= 4 is 5.91 Å². The summed E-state index contributed by atoms with van der Waals surface area (Å²) in [6, 6.07) is 4.03. The van der Waals surface area contributed by atoms with Crippen molar-refractivity contribution in [2.45, 2.75) is 38.2 Å². The highest BCUT2D eigenvalue weighted by Crippen LogP contribution is 2.47. The fraction of sp³-hybridized carbons (Fsp3) is 0.643. The lowest BCUT2D eigenvalue weighted by Crippen LogP contribution is -2.53. The molecule has 1 aromatic heterocycles. The first-order chi connectivity index (χ1) is 8.63. The predicted molar refractivity (Wildman–Crippen MR) is 66.1 cm³/mol.